The van der Waals surface area contributed by atoms with Crippen molar-refractivity contribution in [2.75, 3.05) is 12.4 Å². The number of nitrogens with zero attached hydrogens (tertiary/aromatic N) is 1. The van der Waals surface area contributed by atoms with Crippen molar-refractivity contribution in [2.24, 2.45) is 0 Å². The summed E-state index contributed by atoms with van der Waals surface area (Å²) in [5.41, 5.74) is -0.0407. The highest BCUT2D eigenvalue weighted by atomic mass is 19.1. The fourth-order valence-corrected chi connectivity index (χ4v) is 1.38. The minimum Gasteiger partial charge on any atom is -0.494 e. The van der Waals surface area contributed by atoms with E-state index in [-0.39, 0.29) is 11.7 Å². The van der Waals surface area contributed by atoms with Gasteiger partial charge >= 0.3 is 0 Å². The van der Waals surface area contributed by atoms with Gasteiger partial charge in [0.05, 0.1) is 13.2 Å². The van der Waals surface area contributed by atoms with Gasteiger partial charge in [0.25, 0.3) is 5.56 Å². The molecule has 1 aromatic carbocycles. The molecule has 2 aromatic rings. The lowest BCUT2D eigenvalue weighted by molar-refractivity contribution is 0.387. The molecule has 6 nitrogen and oxygen atoms in total. The van der Waals surface area contributed by atoms with E-state index in [1.165, 1.54) is 25.3 Å². The summed E-state index contributed by atoms with van der Waals surface area (Å²) in [6.45, 7) is 0. The maximum Gasteiger partial charge on any atom is 0.256 e. The Balaban J connectivity index is 2.31. The van der Waals surface area contributed by atoms with Gasteiger partial charge in [0.2, 0.25) is 11.8 Å². The van der Waals surface area contributed by atoms with E-state index in [1.807, 2.05) is 0 Å². The van der Waals surface area contributed by atoms with E-state index in [1.54, 1.807) is 0 Å². The number of nitrogens with one attached hydrogen (secondary N) is 2. The Bertz CT molecular complexity index is 627. The molecule has 0 fully saturated rings. The fourth-order valence-electron chi connectivity index (χ4n) is 1.38. The van der Waals surface area contributed by atoms with Gasteiger partial charge in [-0.1, -0.05) is 0 Å². The second-order valence-electron chi connectivity index (χ2n) is 3.43. The lowest BCUT2D eigenvalue weighted by atomic mass is 10.3. The summed E-state index contributed by atoms with van der Waals surface area (Å²) < 4.78 is 18.0. The molecule has 0 saturated carbocycles. The molecule has 94 valence electrons. The number of aromatic amines is 1. The second kappa shape index (κ2) is 4.74. The SMILES string of the molecule is COc1cc(Nc2nc(O)cc(=O)[nH]2)ccc1F. The molecule has 7 heteroatoms. The number of benzene rings is 1. The summed E-state index contributed by atoms with van der Waals surface area (Å²) in [6, 6.07) is 5.00. The van der Waals surface area contributed by atoms with Crippen LogP contribution in [-0.2, 0) is 0 Å². The van der Waals surface area contributed by atoms with Gasteiger partial charge in [0.15, 0.2) is 11.6 Å². The highest BCUT2D eigenvalue weighted by Crippen LogP contribution is 2.23. The van der Waals surface area contributed by atoms with Crippen molar-refractivity contribution in [3.63, 3.8) is 0 Å². The largest absolute Gasteiger partial charge is 0.494 e. The molecule has 0 unspecified atom stereocenters. The highest BCUT2D eigenvalue weighted by Gasteiger charge is 2.05. The summed E-state index contributed by atoms with van der Waals surface area (Å²) in [5, 5.41) is 11.9. The number of aromatic hydroxyl groups is 1. The molecule has 1 aromatic heterocycles. The van der Waals surface area contributed by atoms with Crippen molar-refractivity contribution in [2.45, 2.75) is 0 Å². The molecule has 18 heavy (non-hydrogen) atoms. The first-order chi connectivity index (χ1) is 8.58. The maximum absolute atomic E-state index is 13.2. The van der Waals surface area contributed by atoms with Crippen LogP contribution < -0.4 is 15.6 Å². The number of rotatable bonds is 3. The van der Waals surface area contributed by atoms with Crippen LogP contribution >= 0.6 is 0 Å². The first-order valence-electron chi connectivity index (χ1n) is 4.99. The number of anilines is 2. The van der Waals surface area contributed by atoms with Crippen LogP contribution in [0, 0.1) is 5.82 Å². The zero-order chi connectivity index (χ0) is 13.1. The van der Waals surface area contributed by atoms with Crippen molar-refractivity contribution in [1.29, 1.82) is 0 Å². The zero-order valence-corrected chi connectivity index (χ0v) is 9.40. The number of H-pyrrole nitrogens is 1. The Hall–Kier alpha value is -2.57. The predicted molar refractivity (Wildman–Crippen MR) is 62.8 cm³/mol. The topological polar surface area (TPSA) is 87.2 Å². The molecular formula is C11H10FN3O3. The molecule has 0 atom stereocenters. The average Bonchev–Trinajstić information content (AvgIpc) is 2.30. The van der Waals surface area contributed by atoms with Crippen LogP contribution in [0.1, 0.15) is 0 Å². The molecule has 0 saturated heterocycles. The minimum absolute atomic E-state index is 0.0497. The summed E-state index contributed by atoms with van der Waals surface area (Å²) >= 11 is 0. The summed E-state index contributed by atoms with van der Waals surface area (Å²) in [6.07, 6.45) is 0. The van der Waals surface area contributed by atoms with Crippen molar-refractivity contribution in [3.05, 3.63) is 40.4 Å². The van der Waals surface area contributed by atoms with Gasteiger partial charge in [-0.3, -0.25) is 9.78 Å². The zero-order valence-electron chi connectivity index (χ0n) is 9.40. The molecule has 0 aliphatic rings. The molecule has 0 spiro atoms. The normalized spacial score (nSPS) is 10.1. The Labute approximate surface area is 101 Å². The lowest BCUT2D eigenvalue weighted by Crippen LogP contribution is -2.08. The molecule has 0 amide bonds. The van der Waals surface area contributed by atoms with E-state index in [0.717, 1.165) is 6.07 Å². The number of halogens is 1. The van der Waals surface area contributed by atoms with E-state index in [0.29, 0.717) is 5.69 Å². The third-order valence-electron chi connectivity index (χ3n) is 2.14. The standard InChI is InChI=1S/C11H10FN3O3/c1-18-8-4-6(2-3-7(8)12)13-11-14-9(16)5-10(17)15-11/h2-5H,1H3,(H3,13,14,15,16,17). The quantitative estimate of drug-likeness (QED) is 0.766. The summed E-state index contributed by atoms with van der Waals surface area (Å²) in [7, 11) is 1.34. The van der Waals surface area contributed by atoms with Gasteiger partial charge in [-0.15, -0.1) is 0 Å². The third kappa shape index (κ3) is 2.57. The Morgan fingerprint density at radius 3 is 2.89 bits per heavy atom. The van der Waals surface area contributed by atoms with Crippen molar-refractivity contribution in [3.8, 4) is 11.6 Å². The van der Waals surface area contributed by atoms with Crippen molar-refractivity contribution < 1.29 is 14.2 Å². The van der Waals surface area contributed by atoms with E-state index in [9.17, 15) is 9.18 Å². The van der Waals surface area contributed by atoms with E-state index >= 15 is 0 Å². The number of ether oxygens (including phenoxy) is 1. The van der Waals surface area contributed by atoms with E-state index in [2.05, 4.69) is 15.3 Å². The molecule has 0 aliphatic heterocycles. The lowest BCUT2D eigenvalue weighted by Gasteiger charge is -2.07. The predicted octanol–water partition coefficient (Wildman–Crippen LogP) is 1.37. The van der Waals surface area contributed by atoms with Crippen LogP contribution in [0.15, 0.2) is 29.1 Å². The van der Waals surface area contributed by atoms with Crippen molar-refractivity contribution >= 4 is 11.6 Å². The molecule has 0 radical (unpaired) electrons. The second-order valence-corrected chi connectivity index (χ2v) is 3.43. The fraction of sp³-hybridized carbons (Fsp3) is 0.0909. The van der Waals surface area contributed by atoms with Gasteiger partial charge in [-0.2, -0.15) is 4.98 Å². The van der Waals surface area contributed by atoms with Crippen LogP contribution in [-0.4, -0.2) is 22.2 Å². The molecule has 0 aliphatic carbocycles. The van der Waals surface area contributed by atoms with Crippen LogP contribution in [0.4, 0.5) is 16.0 Å². The van der Waals surface area contributed by atoms with Crippen LogP contribution in [0.25, 0.3) is 0 Å². The van der Waals surface area contributed by atoms with Gasteiger partial charge in [0, 0.05) is 11.8 Å². The summed E-state index contributed by atoms with van der Waals surface area (Å²) in [5.74, 6) is -0.799. The molecule has 3 N–H and O–H groups in total. The van der Waals surface area contributed by atoms with Crippen molar-refractivity contribution in [1.82, 2.24) is 9.97 Å². The van der Waals surface area contributed by atoms with Gasteiger partial charge < -0.3 is 15.2 Å². The first kappa shape index (κ1) is 11.9. The van der Waals surface area contributed by atoms with E-state index in [4.69, 9.17) is 9.84 Å². The number of hydrogen-bond acceptors (Lipinski definition) is 5. The number of hydrogen-bond donors (Lipinski definition) is 3. The van der Waals surface area contributed by atoms with E-state index < -0.39 is 17.3 Å². The van der Waals surface area contributed by atoms with Gasteiger partial charge in [-0.05, 0) is 12.1 Å². The molecule has 2 rings (SSSR count). The smallest absolute Gasteiger partial charge is 0.256 e. The number of aromatic nitrogens is 2. The van der Waals surface area contributed by atoms with Crippen LogP contribution in [0.2, 0.25) is 0 Å². The van der Waals surface area contributed by atoms with Crippen LogP contribution in [0.5, 0.6) is 11.6 Å². The minimum atomic E-state index is -0.501. The number of methoxy groups -OCH3 is 1. The van der Waals surface area contributed by atoms with Gasteiger partial charge in [0.1, 0.15) is 0 Å². The first-order valence-corrected chi connectivity index (χ1v) is 4.99. The van der Waals surface area contributed by atoms with Crippen LogP contribution in [0.3, 0.4) is 0 Å². The molecular weight excluding hydrogens is 241 g/mol. The Morgan fingerprint density at radius 1 is 1.44 bits per heavy atom. The van der Waals surface area contributed by atoms with Gasteiger partial charge in [-0.25, -0.2) is 4.39 Å². The monoisotopic (exact) mass is 251 g/mol. The molecule has 0 bridgehead atoms. The highest BCUT2D eigenvalue weighted by molar-refractivity contribution is 5.56. The maximum atomic E-state index is 13.2. The summed E-state index contributed by atoms with van der Waals surface area (Å²) in [4.78, 5) is 17.1. The average molecular weight is 251 g/mol. The Kier molecular flexibility index (Phi) is 3.13. The molecule has 1 heterocycles. The Morgan fingerprint density at radius 2 is 2.22 bits per heavy atom. The third-order valence-corrected chi connectivity index (χ3v) is 2.14.